The van der Waals surface area contributed by atoms with Crippen LogP contribution in [0.5, 0.6) is 0 Å². The maximum Gasteiger partial charge on any atom is 0.500 e. The first-order valence-electron chi connectivity index (χ1n) is 6.99. The minimum atomic E-state index is -2.51. The van der Waals surface area contributed by atoms with Crippen molar-refractivity contribution < 1.29 is 13.3 Å². The lowest BCUT2D eigenvalue weighted by molar-refractivity contribution is 0.0974. The van der Waals surface area contributed by atoms with E-state index < -0.39 is 8.80 Å². The molecule has 0 fully saturated rings. The monoisotopic (exact) mass is 298 g/mol. The smallest absolute Gasteiger partial charge is 0.385 e. The molecule has 0 unspecified atom stereocenters. The van der Waals surface area contributed by atoms with E-state index in [4.69, 9.17) is 19.0 Å². The molecular weight excluding hydrogens is 272 g/mol. The van der Waals surface area contributed by atoms with E-state index in [1.54, 1.807) is 14.2 Å². The minimum Gasteiger partial charge on any atom is -0.385 e. The standard InChI is InChI=1S/C14H26N2O3Si/c1-17-20(18-2,19-12-6-10-15)13-7-11-16-14-8-4-3-5-9-14/h3-5,8-9,16H,6-7,10-13,15H2,1-2H3. The van der Waals surface area contributed by atoms with Crippen molar-refractivity contribution in [1.29, 1.82) is 0 Å². The van der Waals surface area contributed by atoms with Gasteiger partial charge >= 0.3 is 8.80 Å². The van der Waals surface area contributed by atoms with Gasteiger partial charge in [-0.25, -0.2) is 0 Å². The lowest BCUT2D eigenvalue weighted by Crippen LogP contribution is -2.44. The van der Waals surface area contributed by atoms with Crippen LogP contribution in [0.2, 0.25) is 6.04 Å². The van der Waals surface area contributed by atoms with Gasteiger partial charge < -0.3 is 24.3 Å². The molecule has 0 saturated carbocycles. The van der Waals surface area contributed by atoms with Crippen LogP contribution < -0.4 is 11.1 Å². The van der Waals surface area contributed by atoms with Gasteiger partial charge in [-0.05, 0) is 31.5 Å². The molecule has 0 aliphatic rings. The summed E-state index contributed by atoms with van der Waals surface area (Å²) in [7, 11) is 0.797. The predicted molar refractivity (Wildman–Crippen MR) is 83.8 cm³/mol. The summed E-state index contributed by atoms with van der Waals surface area (Å²) in [5, 5.41) is 3.37. The number of nitrogens with two attached hydrogens (primary N) is 1. The van der Waals surface area contributed by atoms with E-state index >= 15 is 0 Å². The Bertz CT molecular complexity index is 348. The van der Waals surface area contributed by atoms with Crippen LogP contribution in [0.3, 0.4) is 0 Å². The van der Waals surface area contributed by atoms with E-state index in [1.165, 1.54) is 0 Å². The van der Waals surface area contributed by atoms with Gasteiger partial charge in [0.05, 0.1) is 0 Å². The molecule has 0 saturated heterocycles. The summed E-state index contributed by atoms with van der Waals surface area (Å²) in [5.74, 6) is 0. The molecule has 3 N–H and O–H groups in total. The first-order chi connectivity index (χ1) is 9.76. The van der Waals surface area contributed by atoms with Gasteiger partial charge in [0.25, 0.3) is 0 Å². The molecule has 6 heteroatoms. The highest BCUT2D eigenvalue weighted by Crippen LogP contribution is 2.16. The van der Waals surface area contributed by atoms with Gasteiger partial charge in [0.15, 0.2) is 0 Å². The lowest BCUT2D eigenvalue weighted by atomic mass is 10.3. The van der Waals surface area contributed by atoms with Gasteiger partial charge in [-0.15, -0.1) is 0 Å². The van der Waals surface area contributed by atoms with Gasteiger partial charge in [-0.1, -0.05) is 18.2 Å². The molecule has 0 atom stereocenters. The van der Waals surface area contributed by atoms with E-state index in [0.717, 1.165) is 31.1 Å². The average Bonchev–Trinajstić information content (AvgIpc) is 2.51. The summed E-state index contributed by atoms with van der Waals surface area (Å²) in [6, 6.07) is 10.9. The highest BCUT2D eigenvalue weighted by Gasteiger charge is 2.38. The number of rotatable bonds is 11. The minimum absolute atomic E-state index is 0.594. The molecule has 0 heterocycles. The van der Waals surface area contributed by atoms with Crippen LogP contribution in [0.15, 0.2) is 30.3 Å². The molecule has 0 amide bonds. The summed E-state index contributed by atoms with van der Waals surface area (Å²) in [5.41, 5.74) is 6.59. The third-order valence-electron chi connectivity index (χ3n) is 3.06. The van der Waals surface area contributed by atoms with E-state index in [-0.39, 0.29) is 0 Å². The third-order valence-corrected chi connectivity index (χ3v) is 5.91. The second-order valence-corrected chi connectivity index (χ2v) is 7.45. The van der Waals surface area contributed by atoms with Crippen molar-refractivity contribution >= 4 is 14.5 Å². The lowest BCUT2D eigenvalue weighted by Gasteiger charge is -2.26. The number of benzene rings is 1. The Hall–Kier alpha value is -0.923. The fourth-order valence-electron chi connectivity index (χ4n) is 1.88. The van der Waals surface area contributed by atoms with Crippen molar-refractivity contribution in [2.45, 2.75) is 18.9 Å². The average molecular weight is 298 g/mol. The van der Waals surface area contributed by atoms with Crippen molar-refractivity contribution in [3.8, 4) is 0 Å². The van der Waals surface area contributed by atoms with Gasteiger partial charge in [0.2, 0.25) is 0 Å². The number of nitrogens with one attached hydrogen (secondary N) is 1. The van der Waals surface area contributed by atoms with E-state index in [2.05, 4.69) is 17.4 Å². The molecule has 20 heavy (non-hydrogen) atoms. The third kappa shape index (κ3) is 6.02. The first-order valence-corrected chi connectivity index (χ1v) is 8.93. The molecular formula is C14H26N2O3Si. The Balaban J connectivity index is 2.31. The number of para-hydroxylation sites is 1. The first kappa shape index (κ1) is 17.1. The molecule has 1 aromatic rings. The normalized spacial score (nSPS) is 11.6. The van der Waals surface area contributed by atoms with Crippen LogP contribution in [0.1, 0.15) is 12.8 Å². The number of hydrogen-bond acceptors (Lipinski definition) is 5. The Kier molecular flexibility index (Phi) is 8.48. The summed E-state index contributed by atoms with van der Waals surface area (Å²) in [4.78, 5) is 0. The number of anilines is 1. The fraction of sp³-hybridized carbons (Fsp3) is 0.571. The maximum atomic E-state index is 5.81. The van der Waals surface area contributed by atoms with Crippen molar-refractivity contribution in [3.63, 3.8) is 0 Å². The quantitative estimate of drug-likeness (QED) is 0.484. The Morgan fingerprint density at radius 2 is 1.80 bits per heavy atom. The summed E-state index contributed by atoms with van der Waals surface area (Å²) >= 11 is 0. The van der Waals surface area contributed by atoms with Gasteiger partial charge in [-0.3, -0.25) is 0 Å². The SMILES string of the molecule is CO[Si](CCCNc1ccccc1)(OC)OCCCN. The van der Waals surface area contributed by atoms with Gasteiger partial charge in [0, 0.05) is 39.1 Å². The Morgan fingerprint density at radius 3 is 2.40 bits per heavy atom. The van der Waals surface area contributed by atoms with Crippen molar-refractivity contribution in [1.82, 2.24) is 0 Å². The van der Waals surface area contributed by atoms with Gasteiger partial charge in [0.1, 0.15) is 0 Å². The molecule has 1 aromatic carbocycles. The van der Waals surface area contributed by atoms with Crippen molar-refractivity contribution in [3.05, 3.63) is 30.3 Å². The second-order valence-electron chi connectivity index (χ2n) is 4.48. The zero-order chi connectivity index (χ0) is 14.7. The van der Waals surface area contributed by atoms with Crippen LogP contribution >= 0.6 is 0 Å². The molecule has 0 spiro atoms. The summed E-state index contributed by atoms with van der Waals surface area (Å²) < 4.78 is 16.8. The van der Waals surface area contributed by atoms with Crippen molar-refractivity contribution in [2.75, 3.05) is 39.2 Å². The van der Waals surface area contributed by atoms with Crippen LogP contribution in [-0.2, 0) is 13.3 Å². The van der Waals surface area contributed by atoms with E-state index in [0.29, 0.717) is 13.2 Å². The zero-order valence-electron chi connectivity index (χ0n) is 12.4. The highest BCUT2D eigenvalue weighted by atomic mass is 28.4. The van der Waals surface area contributed by atoms with Crippen molar-refractivity contribution in [2.24, 2.45) is 5.73 Å². The van der Waals surface area contributed by atoms with Crippen LogP contribution in [0.25, 0.3) is 0 Å². The Morgan fingerprint density at radius 1 is 1.10 bits per heavy atom. The molecule has 0 radical (unpaired) electrons. The van der Waals surface area contributed by atoms with Crippen LogP contribution in [0, 0.1) is 0 Å². The molecule has 114 valence electrons. The molecule has 5 nitrogen and oxygen atoms in total. The summed E-state index contributed by atoms with van der Waals surface area (Å²) in [6.45, 7) is 2.08. The molecule has 1 rings (SSSR count). The van der Waals surface area contributed by atoms with Crippen LogP contribution in [-0.4, -0.2) is 42.7 Å². The predicted octanol–water partition coefficient (Wildman–Crippen LogP) is 2.09. The second kappa shape index (κ2) is 9.90. The highest BCUT2D eigenvalue weighted by molar-refractivity contribution is 6.60. The largest absolute Gasteiger partial charge is 0.500 e. The number of hydrogen-bond donors (Lipinski definition) is 2. The van der Waals surface area contributed by atoms with E-state index in [9.17, 15) is 0 Å². The molecule has 0 aliphatic heterocycles. The molecule has 0 aliphatic carbocycles. The maximum absolute atomic E-state index is 5.81. The molecule has 0 aromatic heterocycles. The van der Waals surface area contributed by atoms with Gasteiger partial charge in [-0.2, -0.15) is 0 Å². The van der Waals surface area contributed by atoms with E-state index in [1.807, 2.05) is 18.2 Å². The van der Waals surface area contributed by atoms with Crippen LogP contribution in [0.4, 0.5) is 5.69 Å². The fourth-order valence-corrected chi connectivity index (χ4v) is 3.90. The molecule has 0 bridgehead atoms. The topological polar surface area (TPSA) is 65.7 Å². The summed E-state index contributed by atoms with van der Waals surface area (Å²) in [6.07, 6.45) is 1.76. The zero-order valence-corrected chi connectivity index (χ0v) is 13.4. The Labute approximate surface area is 122 Å².